The van der Waals surface area contributed by atoms with Gasteiger partial charge in [0.05, 0.1) is 10.8 Å². The van der Waals surface area contributed by atoms with Gasteiger partial charge in [-0.05, 0) is 24.1 Å². The molecular weight excluding hydrogens is 382 g/mol. The molecule has 1 aliphatic rings. The van der Waals surface area contributed by atoms with Crippen molar-refractivity contribution in [3.8, 4) is 10.4 Å². The van der Waals surface area contributed by atoms with E-state index in [1.165, 1.54) is 16.2 Å². The maximum absolute atomic E-state index is 12.2. The molecule has 1 atom stereocenters. The van der Waals surface area contributed by atoms with Crippen LogP contribution in [-0.4, -0.2) is 40.1 Å². The van der Waals surface area contributed by atoms with Crippen LogP contribution < -0.4 is 5.32 Å². The highest BCUT2D eigenvalue weighted by Crippen LogP contribution is 2.30. The number of carbonyl (C=O) groups is 2. The number of aromatic nitrogens is 1. The van der Waals surface area contributed by atoms with Crippen molar-refractivity contribution < 1.29 is 14.7 Å². The summed E-state index contributed by atoms with van der Waals surface area (Å²) in [6.45, 7) is 0.640. The van der Waals surface area contributed by atoms with Gasteiger partial charge in [-0.3, -0.25) is 4.79 Å². The number of carboxylic acid groups (broad SMARTS) is 1. The third-order valence-corrected chi connectivity index (χ3v) is 5.18. The van der Waals surface area contributed by atoms with Crippen LogP contribution in [0.4, 0.5) is 9.93 Å². The molecule has 0 aliphatic carbocycles. The van der Waals surface area contributed by atoms with Gasteiger partial charge in [0, 0.05) is 23.8 Å². The number of halogens is 1. The summed E-state index contributed by atoms with van der Waals surface area (Å²) in [7, 11) is 0. The number of anilines is 1. The molecule has 1 aliphatic heterocycles. The summed E-state index contributed by atoms with van der Waals surface area (Å²) in [6, 6.07) is 7.86. The molecule has 2 amide bonds. The molecule has 8 heteroatoms. The van der Waals surface area contributed by atoms with Crippen molar-refractivity contribution in [2.75, 3.05) is 18.4 Å². The Morgan fingerprint density at radius 3 is 2.74 bits per heavy atom. The Labute approximate surface area is 145 Å². The highest BCUT2D eigenvalue weighted by atomic mass is 79.9. The summed E-state index contributed by atoms with van der Waals surface area (Å²) in [5.74, 6) is -0.489. The molecule has 2 heterocycles. The average Bonchev–Trinajstić information content (AvgIpc) is 3.17. The van der Waals surface area contributed by atoms with Crippen molar-refractivity contribution in [1.29, 1.82) is 0 Å². The lowest BCUT2D eigenvalue weighted by atomic mass is 10.1. The van der Waals surface area contributed by atoms with Gasteiger partial charge in [0.2, 0.25) is 5.91 Å². The fraction of sp³-hybridized carbons (Fsp3) is 0.267. The number of rotatable bonds is 3. The zero-order valence-corrected chi connectivity index (χ0v) is 14.4. The van der Waals surface area contributed by atoms with Crippen molar-refractivity contribution in [2.24, 2.45) is 5.92 Å². The lowest BCUT2D eigenvalue weighted by molar-refractivity contribution is -0.119. The van der Waals surface area contributed by atoms with E-state index in [1.807, 2.05) is 24.3 Å². The lowest BCUT2D eigenvalue weighted by Gasteiger charge is -2.11. The van der Waals surface area contributed by atoms with Crippen LogP contribution >= 0.6 is 27.3 Å². The van der Waals surface area contributed by atoms with E-state index >= 15 is 0 Å². The van der Waals surface area contributed by atoms with E-state index < -0.39 is 6.09 Å². The van der Waals surface area contributed by atoms with E-state index in [0.717, 1.165) is 14.9 Å². The van der Waals surface area contributed by atoms with Crippen molar-refractivity contribution in [3.63, 3.8) is 0 Å². The zero-order valence-electron chi connectivity index (χ0n) is 12.0. The number of hydrogen-bond donors (Lipinski definition) is 2. The van der Waals surface area contributed by atoms with E-state index in [9.17, 15) is 9.59 Å². The summed E-state index contributed by atoms with van der Waals surface area (Å²) in [4.78, 5) is 29.5. The van der Waals surface area contributed by atoms with Gasteiger partial charge < -0.3 is 15.3 Å². The second kappa shape index (κ2) is 6.67. The van der Waals surface area contributed by atoms with Crippen molar-refractivity contribution >= 4 is 44.4 Å². The SMILES string of the molecule is O=C(Nc1ncc(-c2ccc(Br)cc2)s1)C1CCN(C(=O)O)C1. The molecule has 1 saturated heterocycles. The van der Waals surface area contributed by atoms with E-state index in [4.69, 9.17) is 5.11 Å². The molecule has 0 spiro atoms. The number of nitrogens with one attached hydrogen (secondary N) is 1. The first-order chi connectivity index (χ1) is 11.0. The fourth-order valence-corrected chi connectivity index (χ4v) is 3.52. The Morgan fingerprint density at radius 1 is 1.35 bits per heavy atom. The van der Waals surface area contributed by atoms with Gasteiger partial charge >= 0.3 is 6.09 Å². The molecular formula is C15H14BrN3O3S. The second-order valence-corrected chi connectivity index (χ2v) is 7.19. The van der Waals surface area contributed by atoms with Crippen LogP contribution in [0.15, 0.2) is 34.9 Å². The van der Waals surface area contributed by atoms with Gasteiger partial charge in [-0.1, -0.05) is 39.4 Å². The minimum Gasteiger partial charge on any atom is -0.465 e. The van der Waals surface area contributed by atoms with Gasteiger partial charge in [0.25, 0.3) is 0 Å². The van der Waals surface area contributed by atoms with Crippen LogP contribution in [0.2, 0.25) is 0 Å². The third kappa shape index (κ3) is 3.70. The average molecular weight is 396 g/mol. The van der Waals surface area contributed by atoms with Crippen LogP contribution in [0.1, 0.15) is 6.42 Å². The molecule has 1 aromatic heterocycles. The number of benzene rings is 1. The predicted molar refractivity (Wildman–Crippen MR) is 91.6 cm³/mol. The fourth-order valence-electron chi connectivity index (χ4n) is 2.43. The molecule has 1 unspecified atom stereocenters. The van der Waals surface area contributed by atoms with Gasteiger partial charge in [-0.2, -0.15) is 0 Å². The maximum Gasteiger partial charge on any atom is 0.407 e. The zero-order chi connectivity index (χ0) is 16.4. The van der Waals surface area contributed by atoms with Crippen LogP contribution in [0.5, 0.6) is 0 Å². The smallest absolute Gasteiger partial charge is 0.407 e. The van der Waals surface area contributed by atoms with E-state index in [2.05, 4.69) is 26.2 Å². The first kappa shape index (κ1) is 15.9. The molecule has 6 nitrogen and oxygen atoms in total. The number of nitrogens with zero attached hydrogens (tertiary/aromatic N) is 2. The highest BCUT2D eigenvalue weighted by Gasteiger charge is 2.31. The Bertz CT molecular complexity index is 732. The van der Waals surface area contributed by atoms with Crippen LogP contribution in [0.3, 0.4) is 0 Å². The molecule has 0 saturated carbocycles. The van der Waals surface area contributed by atoms with Crippen LogP contribution in [-0.2, 0) is 4.79 Å². The van der Waals surface area contributed by atoms with Gasteiger partial charge in [-0.15, -0.1) is 0 Å². The monoisotopic (exact) mass is 395 g/mol. The van der Waals surface area contributed by atoms with Gasteiger partial charge in [0.15, 0.2) is 5.13 Å². The molecule has 1 aromatic carbocycles. The Kier molecular flexibility index (Phi) is 4.63. The van der Waals surface area contributed by atoms with E-state index in [-0.39, 0.29) is 18.4 Å². The summed E-state index contributed by atoms with van der Waals surface area (Å²) in [5.41, 5.74) is 1.03. The van der Waals surface area contributed by atoms with Gasteiger partial charge in [0.1, 0.15) is 0 Å². The minimum atomic E-state index is -0.980. The second-order valence-electron chi connectivity index (χ2n) is 5.24. The summed E-state index contributed by atoms with van der Waals surface area (Å²) in [6.07, 6.45) is 1.29. The maximum atomic E-state index is 12.2. The molecule has 0 bridgehead atoms. The summed E-state index contributed by atoms with van der Waals surface area (Å²) < 4.78 is 1.00. The number of amides is 2. The minimum absolute atomic E-state index is 0.176. The van der Waals surface area contributed by atoms with Crippen molar-refractivity contribution in [1.82, 2.24) is 9.88 Å². The molecule has 2 aromatic rings. The van der Waals surface area contributed by atoms with Gasteiger partial charge in [-0.25, -0.2) is 9.78 Å². The molecule has 3 rings (SSSR count). The number of carbonyl (C=O) groups excluding carboxylic acids is 1. The molecule has 0 radical (unpaired) electrons. The number of likely N-dealkylation sites (tertiary alicyclic amines) is 1. The highest BCUT2D eigenvalue weighted by molar-refractivity contribution is 9.10. The molecule has 2 N–H and O–H groups in total. The lowest BCUT2D eigenvalue weighted by Crippen LogP contribution is -2.30. The summed E-state index contributed by atoms with van der Waals surface area (Å²) in [5, 5.41) is 12.2. The molecule has 120 valence electrons. The Hall–Kier alpha value is -1.93. The molecule has 23 heavy (non-hydrogen) atoms. The van der Waals surface area contributed by atoms with E-state index in [1.54, 1.807) is 6.20 Å². The molecule has 1 fully saturated rings. The first-order valence-electron chi connectivity index (χ1n) is 7.03. The number of thiazole rings is 1. The van der Waals surface area contributed by atoms with E-state index in [0.29, 0.717) is 18.1 Å². The first-order valence-corrected chi connectivity index (χ1v) is 8.64. The number of hydrogen-bond acceptors (Lipinski definition) is 4. The normalized spacial score (nSPS) is 17.3. The third-order valence-electron chi connectivity index (χ3n) is 3.69. The van der Waals surface area contributed by atoms with Crippen LogP contribution in [0, 0.1) is 5.92 Å². The van der Waals surface area contributed by atoms with Crippen molar-refractivity contribution in [3.05, 3.63) is 34.9 Å². The van der Waals surface area contributed by atoms with Crippen LogP contribution in [0.25, 0.3) is 10.4 Å². The predicted octanol–water partition coefficient (Wildman–Crippen LogP) is 3.51. The standard InChI is InChI=1S/C15H14BrN3O3S/c16-11-3-1-9(2-4-11)12-7-17-14(23-12)18-13(20)10-5-6-19(8-10)15(21)22/h1-4,7,10H,5-6,8H2,(H,21,22)(H,17,18,20). The topological polar surface area (TPSA) is 82.5 Å². The summed E-state index contributed by atoms with van der Waals surface area (Å²) >= 11 is 4.79. The quantitative estimate of drug-likeness (QED) is 0.832. The van der Waals surface area contributed by atoms with Crippen molar-refractivity contribution in [2.45, 2.75) is 6.42 Å². The largest absolute Gasteiger partial charge is 0.465 e. The Morgan fingerprint density at radius 2 is 2.09 bits per heavy atom. The Balaban J connectivity index is 1.64.